The van der Waals surface area contributed by atoms with Gasteiger partial charge in [0.05, 0.1) is 12.9 Å². The Balaban J connectivity index is 1.63. The van der Waals surface area contributed by atoms with Crippen molar-refractivity contribution >= 4 is 31.1 Å². The third-order valence-corrected chi connectivity index (χ3v) is 4.98. The lowest BCUT2D eigenvalue weighted by Gasteiger charge is -2.15. The van der Waals surface area contributed by atoms with Gasteiger partial charge in [-0.1, -0.05) is 18.2 Å². The molecule has 1 amide bonds. The zero-order valence-corrected chi connectivity index (χ0v) is 16.1. The summed E-state index contributed by atoms with van der Waals surface area (Å²) in [5, 5.41) is 12.0. The molecule has 1 fully saturated rings. The Morgan fingerprint density at radius 1 is 1.30 bits per heavy atom. The molecule has 11 nitrogen and oxygen atoms in total. The molecule has 3 heterocycles. The number of nitrogens with zero attached hydrogens (tertiary/aromatic N) is 4. The van der Waals surface area contributed by atoms with E-state index in [-0.39, 0.29) is 17.0 Å². The van der Waals surface area contributed by atoms with Crippen molar-refractivity contribution in [2.75, 3.05) is 11.9 Å². The molecule has 1 aliphatic heterocycles. The molecule has 0 bridgehead atoms. The number of aromatic nitrogens is 4. The first-order valence-corrected chi connectivity index (χ1v) is 9.90. The van der Waals surface area contributed by atoms with Crippen molar-refractivity contribution < 1.29 is 33.0 Å². The predicted octanol–water partition coefficient (Wildman–Crippen LogP) is 1.34. The molecular weight excluding hydrogens is 420 g/mol. The number of aliphatic hydroxyl groups excluding tert-OH is 1. The largest absolute Gasteiger partial charge is 0.695 e. The van der Waals surface area contributed by atoms with E-state index in [1.165, 1.54) is 17.2 Å². The molecule has 0 spiro atoms. The molecule has 5 atom stereocenters. The first-order chi connectivity index (χ1) is 14.5. The minimum Gasteiger partial charge on any atom is -0.394 e. The Hall–Kier alpha value is -2.89. The fourth-order valence-corrected chi connectivity index (χ4v) is 3.65. The minimum absolute atomic E-state index is 0.117. The van der Waals surface area contributed by atoms with Crippen LogP contribution in [0.15, 0.2) is 43.0 Å². The second-order valence-corrected chi connectivity index (χ2v) is 7.05. The molecular formula is C17H16FN5O6P+. The number of alkyl halides is 1. The Morgan fingerprint density at radius 2 is 2.07 bits per heavy atom. The fourth-order valence-electron chi connectivity index (χ4n) is 3.19. The number of amides is 1. The number of fused-ring (bicyclic) bond motifs is 1. The normalized spacial score (nSPS) is 24.2. The average Bonchev–Trinajstić information content (AvgIpc) is 3.30. The summed E-state index contributed by atoms with van der Waals surface area (Å²) in [4.78, 5) is 33.6. The van der Waals surface area contributed by atoms with Gasteiger partial charge in [0.25, 0.3) is 5.91 Å². The summed E-state index contributed by atoms with van der Waals surface area (Å²) in [6.45, 7) is -0.620. The maximum atomic E-state index is 14.9. The lowest BCUT2D eigenvalue weighted by Crippen LogP contribution is -2.32. The van der Waals surface area contributed by atoms with E-state index in [4.69, 9.17) is 9.63 Å². The number of rotatable bonds is 6. The van der Waals surface area contributed by atoms with Gasteiger partial charge in [-0.15, -0.1) is 9.42 Å². The van der Waals surface area contributed by atoms with Crippen LogP contribution in [-0.2, 0) is 13.8 Å². The number of halogens is 1. The van der Waals surface area contributed by atoms with Crippen LogP contribution in [0.1, 0.15) is 16.6 Å². The molecule has 13 heteroatoms. The van der Waals surface area contributed by atoms with E-state index in [9.17, 15) is 18.9 Å². The van der Waals surface area contributed by atoms with Gasteiger partial charge in [-0.05, 0) is 12.1 Å². The molecule has 0 saturated carbocycles. The first-order valence-electron chi connectivity index (χ1n) is 8.77. The van der Waals surface area contributed by atoms with Crippen LogP contribution in [0.2, 0.25) is 0 Å². The number of hydrogen-bond donors (Lipinski definition) is 3. The lowest BCUT2D eigenvalue weighted by atomic mass is 10.1. The maximum Gasteiger partial charge on any atom is 0.695 e. The van der Waals surface area contributed by atoms with Gasteiger partial charge in [-0.25, -0.2) is 19.3 Å². The Labute approximate surface area is 169 Å². The Bertz CT molecular complexity index is 1080. The summed E-state index contributed by atoms with van der Waals surface area (Å²) in [5.74, 6) is -0.294. The molecule has 1 aliphatic rings. The highest BCUT2D eigenvalue weighted by Crippen LogP contribution is 2.38. The van der Waals surface area contributed by atoms with E-state index in [0.29, 0.717) is 5.56 Å². The van der Waals surface area contributed by atoms with E-state index in [1.54, 1.807) is 30.3 Å². The molecule has 30 heavy (non-hydrogen) atoms. The van der Waals surface area contributed by atoms with Crippen molar-refractivity contribution in [3.8, 4) is 0 Å². The number of benzene rings is 1. The molecule has 2 unspecified atom stereocenters. The molecule has 3 aromatic rings. The lowest BCUT2D eigenvalue weighted by molar-refractivity contribution is -0.0436. The summed E-state index contributed by atoms with van der Waals surface area (Å²) in [5.41, 5.74) is 0.762. The van der Waals surface area contributed by atoms with Gasteiger partial charge in [0.1, 0.15) is 12.4 Å². The quantitative estimate of drug-likeness (QED) is 0.487. The highest BCUT2D eigenvalue weighted by atomic mass is 31.1. The van der Waals surface area contributed by atoms with Crippen LogP contribution in [0.4, 0.5) is 10.2 Å². The summed E-state index contributed by atoms with van der Waals surface area (Å²) >= 11 is 0. The minimum atomic E-state index is -3.10. The number of ether oxygens (including phenoxy) is 1. The van der Waals surface area contributed by atoms with Gasteiger partial charge in [0.15, 0.2) is 35.5 Å². The highest BCUT2D eigenvalue weighted by molar-refractivity contribution is 7.32. The van der Waals surface area contributed by atoms with Crippen molar-refractivity contribution in [3.05, 3.63) is 48.5 Å². The van der Waals surface area contributed by atoms with Crippen molar-refractivity contribution in [2.24, 2.45) is 0 Å². The van der Waals surface area contributed by atoms with Crippen LogP contribution in [0.25, 0.3) is 11.2 Å². The van der Waals surface area contributed by atoms with Crippen molar-refractivity contribution in [1.82, 2.24) is 19.5 Å². The summed E-state index contributed by atoms with van der Waals surface area (Å²) in [7, 11) is -3.10. The van der Waals surface area contributed by atoms with E-state index >= 15 is 0 Å². The molecule has 2 aromatic heterocycles. The van der Waals surface area contributed by atoms with Crippen LogP contribution >= 0.6 is 8.25 Å². The molecule has 0 radical (unpaired) electrons. The number of nitrogens with one attached hydrogen (secondary N) is 1. The van der Waals surface area contributed by atoms with Gasteiger partial charge < -0.3 is 15.2 Å². The van der Waals surface area contributed by atoms with Crippen LogP contribution in [0, 0.1) is 0 Å². The topological polar surface area (TPSA) is 149 Å². The third kappa shape index (κ3) is 3.78. The zero-order valence-electron chi connectivity index (χ0n) is 15.2. The number of anilines is 1. The number of imidazole rings is 1. The summed E-state index contributed by atoms with van der Waals surface area (Å²) in [6.07, 6.45) is -3.41. The van der Waals surface area contributed by atoms with E-state index in [0.717, 1.165) is 0 Å². The van der Waals surface area contributed by atoms with E-state index in [2.05, 4.69) is 24.8 Å². The van der Waals surface area contributed by atoms with Gasteiger partial charge in [-0.3, -0.25) is 9.36 Å². The second kappa shape index (κ2) is 8.46. The molecule has 4 rings (SSSR count). The summed E-state index contributed by atoms with van der Waals surface area (Å²) in [6, 6.07) is 8.48. The Kier molecular flexibility index (Phi) is 5.75. The molecule has 1 saturated heterocycles. The van der Waals surface area contributed by atoms with Crippen LogP contribution in [0.3, 0.4) is 0 Å². The van der Waals surface area contributed by atoms with Crippen molar-refractivity contribution in [2.45, 2.75) is 24.6 Å². The SMILES string of the molecule is O=C(Nc1ncnc2c1ncn2C1O[C@H](CO)[C@@H](O[P+](=O)O)[C@H]1F)c1ccccc1. The molecule has 0 aliphatic carbocycles. The van der Waals surface area contributed by atoms with E-state index < -0.39 is 45.4 Å². The monoisotopic (exact) mass is 436 g/mol. The predicted molar refractivity (Wildman–Crippen MR) is 100 cm³/mol. The third-order valence-electron chi connectivity index (χ3n) is 4.56. The highest BCUT2D eigenvalue weighted by Gasteiger charge is 2.51. The van der Waals surface area contributed by atoms with Gasteiger partial charge in [0.2, 0.25) is 0 Å². The number of aliphatic hydroxyl groups is 1. The molecule has 156 valence electrons. The van der Waals surface area contributed by atoms with Gasteiger partial charge in [0, 0.05) is 10.1 Å². The maximum absolute atomic E-state index is 14.9. The number of hydrogen-bond acceptors (Lipinski definition) is 8. The molecule has 3 N–H and O–H groups in total. The van der Waals surface area contributed by atoms with Crippen LogP contribution in [0.5, 0.6) is 0 Å². The average molecular weight is 436 g/mol. The van der Waals surface area contributed by atoms with E-state index in [1.807, 2.05) is 0 Å². The molecule has 1 aromatic carbocycles. The Morgan fingerprint density at radius 3 is 2.77 bits per heavy atom. The standard InChI is InChI=1S/C17H15FN5O6P/c18-11-13(29-30(26)27)10(6-24)28-17(11)23-8-21-12-14(19-7-20-15(12)23)22-16(25)9-4-2-1-3-5-9/h1-5,7-8,10-11,13,17,24H,6H2,(H-,19,20,22,25,26,27)/p+1/t10-,11-,13-,17?/m1/s1. The fraction of sp³-hybridized carbons (Fsp3) is 0.294. The zero-order chi connectivity index (χ0) is 21.3. The van der Waals surface area contributed by atoms with Crippen LogP contribution < -0.4 is 5.32 Å². The van der Waals surface area contributed by atoms with Gasteiger partial charge >= 0.3 is 8.25 Å². The van der Waals surface area contributed by atoms with Crippen LogP contribution in [-0.4, -0.2) is 60.4 Å². The van der Waals surface area contributed by atoms with Crippen molar-refractivity contribution in [1.29, 1.82) is 0 Å². The van der Waals surface area contributed by atoms with Crippen molar-refractivity contribution in [3.63, 3.8) is 0 Å². The summed E-state index contributed by atoms with van der Waals surface area (Å²) < 4.78 is 37.3. The second-order valence-electron chi connectivity index (χ2n) is 6.37. The first kappa shape index (κ1) is 20.4. The number of carbonyl (C=O) groups is 1. The number of carbonyl (C=O) groups excluding carboxylic acids is 1. The smallest absolute Gasteiger partial charge is 0.394 e. The van der Waals surface area contributed by atoms with Gasteiger partial charge in [-0.2, -0.15) is 0 Å².